The Morgan fingerprint density at radius 3 is 3.12 bits per heavy atom. The van der Waals surface area contributed by atoms with Gasteiger partial charge in [-0.1, -0.05) is 0 Å². The van der Waals surface area contributed by atoms with Crippen molar-refractivity contribution in [3.8, 4) is 5.00 Å². The molecule has 0 spiro atoms. The fourth-order valence-electron chi connectivity index (χ4n) is 1.39. The molecule has 0 fully saturated rings. The number of carbonyl (C=O) groups is 1. The Hall–Kier alpha value is -1.66. The van der Waals surface area contributed by atoms with Gasteiger partial charge in [-0.05, 0) is 17.5 Å². The fourth-order valence-corrected chi connectivity index (χ4v) is 2.12. The normalized spacial score (nSPS) is 12.6. The third-order valence-electron chi connectivity index (χ3n) is 2.20. The first-order valence-electron chi connectivity index (χ1n) is 4.72. The summed E-state index contributed by atoms with van der Waals surface area (Å²) in [6.07, 6.45) is 3.57. The average molecular weight is 237 g/mol. The number of aliphatic carboxylic acids is 1. The Balaban J connectivity index is 2.23. The van der Waals surface area contributed by atoms with Crippen LogP contribution >= 0.6 is 11.3 Å². The van der Waals surface area contributed by atoms with Gasteiger partial charge < -0.3 is 10.8 Å². The molecule has 0 aliphatic heterocycles. The second kappa shape index (κ2) is 4.46. The van der Waals surface area contributed by atoms with Gasteiger partial charge in [0.15, 0.2) is 0 Å². The van der Waals surface area contributed by atoms with Crippen LogP contribution in [0.3, 0.4) is 0 Å². The number of hydrogen-bond donors (Lipinski definition) is 2. The van der Waals surface area contributed by atoms with Crippen LogP contribution in [0.1, 0.15) is 5.69 Å². The molecule has 0 bridgehead atoms. The van der Waals surface area contributed by atoms with Gasteiger partial charge in [0.2, 0.25) is 0 Å². The summed E-state index contributed by atoms with van der Waals surface area (Å²) in [5.74, 6) is -1.00. The van der Waals surface area contributed by atoms with E-state index >= 15 is 0 Å². The molecule has 6 heteroatoms. The molecule has 0 amide bonds. The van der Waals surface area contributed by atoms with Crippen molar-refractivity contribution in [3.05, 3.63) is 35.7 Å². The number of aromatic nitrogens is 2. The minimum Gasteiger partial charge on any atom is -0.480 e. The molecule has 5 nitrogen and oxygen atoms in total. The monoisotopic (exact) mass is 237 g/mol. The average Bonchev–Trinajstić information content (AvgIpc) is 2.85. The minimum absolute atomic E-state index is 0.271. The zero-order valence-corrected chi connectivity index (χ0v) is 9.22. The Kier molecular flexibility index (Phi) is 3.02. The summed E-state index contributed by atoms with van der Waals surface area (Å²) in [7, 11) is 0. The van der Waals surface area contributed by atoms with Crippen LogP contribution in [0.4, 0.5) is 0 Å². The van der Waals surface area contributed by atoms with E-state index in [1.54, 1.807) is 23.9 Å². The molecule has 0 radical (unpaired) electrons. The molecule has 0 saturated carbocycles. The molecule has 2 aromatic heterocycles. The molecular weight excluding hydrogens is 226 g/mol. The highest BCUT2D eigenvalue weighted by atomic mass is 32.1. The lowest BCUT2D eigenvalue weighted by Gasteiger charge is -2.08. The van der Waals surface area contributed by atoms with Gasteiger partial charge >= 0.3 is 5.97 Å². The Morgan fingerprint density at radius 2 is 2.50 bits per heavy atom. The van der Waals surface area contributed by atoms with Crippen molar-refractivity contribution in [1.82, 2.24) is 9.55 Å². The van der Waals surface area contributed by atoms with Crippen molar-refractivity contribution >= 4 is 17.3 Å². The molecule has 0 saturated heterocycles. The summed E-state index contributed by atoms with van der Waals surface area (Å²) >= 11 is 1.57. The van der Waals surface area contributed by atoms with Crippen LogP contribution in [0.5, 0.6) is 0 Å². The number of carboxylic acid groups (broad SMARTS) is 1. The highest BCUT2D eigenvalue weighted by Crippen LogP contribution is 2.17. The topological polar surface area (TPSA) is 81.1 Å². The maximum atomic E-state index is 10.7. The van der Waals surface area contributed by atoms with E-state index in [0.29, 0.717) is 0 Å². The number of nitrogens with zero attached hydrogens (tertiary/aromatic N) is 2. The Morgan fingerprint density at radius 1 is 1.69 bits per heavy atom. The van der Waals surface area contributed by atoms with Crippen molar-refractivity contribution in [2.75, 3.05) is 0 Å². The molecule has 1 atom stereocenters. The molecule has 2 heterocycles. The van der Waals surface area contributed by atoms with E-state index in [1.165, 1.54) is 0 Å². The van der Waals surface area contributed by atoms with E-state index in [4.69, 9.17) is 10.8 Å². The van der Waals surface area contributed by atoms with Crippen molar-refractivity contribution in [2.24, 2.45) is 5.73 Å². The highest BCUT2D eigenvalue weighted by Gasteiger charge is 2.15. The predicted octanol–water partition coefficient (Wildman–Crippen LogP) is 0.888. The molecule has 0 aromatic carbocycles. The second-order valence-electron chi connectivity index (χ2n) is 3.36. The van der Waals surface area contributed by atoms with Gasteiger partial charge in [0.05, 0.1) is 6.33 Å². The standard InChI is InChI=1S/C10H11N3O2S/c11-8(10(14)15)4-7-5-12-6-13(7)9-2-1-3-16-9/h1-3,5-6,8H,4,11H2,(H,14,15)/t8-/m0/s1. The van der Waals surface area contributed by atoms with Crippen LogP contribution < -0.4 is 5.73 Å². The summed E-state index contributed by atoms with van der Waals surface area (Å²) in [5, 5.41) is 11.7. The van der Waals surface area contributed by atoms with E-state index in [9.17, 15) is 4.79 Å². The zero-order valence-electron chi connectivity index (χ0n) is 8.41. The number of carboxylic acids is 1. The first-order valence-corrected chi connectivity index (χ1v) is 5.60. The second-order valence-corrected chi connectivity index (χ2v) is 4.28. The van der Waals surface area contributed by atoms with E-state index in [1.807, 2.05) is 22.1 Å². The molecule has 0 aliphatic carbocycles. The highest BCUT2D eigenvalue weighted by molar-refractivity contribution is 7.12. The first kappa shape index (κ1) is 10.8. The fraction of sp³-hybridized carbons (Fsp3) is 0.200. The maximum Gasteiger partial charge on any atom is 0.320 e. The smallest absolute Gasteiger partial charge is 0.320 e. The third-order valence-corrected chi connectivity index (χ3v) is 3.07. The summed E-state index contributed by atoms with van der Waals surface area (Å²) in [6.45, 7) is 0. The quantitative estimate of drug-likeness (QED) is 0.827. The lowest BCUT2D eigenvalue weighted by atomic mass is 10.2. The molecule has 16 heavy (non-hydrogen) atoms. The summed E-state index contributed by atoms with van der Waals surface area (Å²) < 4.78 is 1.85. The van der Waals surface area contributed by atoms with Crippen LogP contribution in [0.2, 0.25) is 0 Å². The summed E-state index contributed by atoms with van der Waals surface area (Å²) in [6, 6.07) is 2.98. The summed E-state index contributed by atoms with van der Waals surface area (Å²) in [4.78, 5) is 14.7. The van der Waals surface area contributed by atoms with Crippen molar-refractivity contribution in [1.29, 1.82) is 0 Å². The van der Waals surface area contributed by atoms with Gasteiger partial charge in [-0.3, -0.25) is 9.36 Å². The minimum atomic E-state index is -1.00. The van der Waals surface area contributed by atoms with Crippen LogP contribution in [-0.2, 0) is 11.2 Å². The molecule has 2 rings (SSSR count). The van der Waals surface area contributed by atoms with Crippen molar-refractivity contribution in [2.45, 2.75) is 12.5 Å². The lowest BCUT2D eigenvalue weighted by molar-refractivity contribution is -0.138. The van der Waals surface area contributed by atoms with Gasteiger partial charge in [0.1, 0.15) is 11.0 Å². The largest absolute Gasteiger partial charge is 0.480 e. The molecular formula is C10H11N3O2S. The van der Waals surface area contributed by atoms with Gasteiger partial charge in [0, 0.05) is 18.3 Å². The van der Waals surface area contributed by atoms with Gasteiger partial charge in [-0.2, -0.15) is 0 Å². The molecule has 0 unspecified atom stereocenters. The van der Waals surface area contributed by atoms with Crippen LogP contribution in [0.25, 0.3) is 5.00 Å². The Labute approximate surface area is 96.2 Å². The maximum absolute atomic E-state index is 10.7. The third kappa shape index (κ3) is 2.12. The van der Waals surface area contributed by atoms with Gasteiger partial charge in [0.25, 0.3) is 0 Å². The molecule has 0 aliphatic rings. The van der Waals surface area contributed by atoms with E-state index in [0.717, 1.165) is 10.7 Å². The van der Waals surface area contributed by atoms with Crippen molar-refractivity contribution < 1.29 is 9.90 Å². The van der Waals surface area contributed by atoms with Gasteiger partial charge in [-0.15, -0.1) is 11.3 Å². The molecule has 2 aromatic rings. The number of rotatable bonds is 4. The number of hydrogen-bond acceptors (Lipinski definition) is 4. The predicted molar refractivity (Wildman–Crippen MR) is 60.8 cm³/mol. The van der Waals surface area contributed by atoms with Crippen LogP contribution in [0, 0.1) is 0 Å². The first-order chi connectivity index (χ1) is 7.68. The number of nitrogens with two attached hydrogens (primary N) is 1. The van der Waals surface area contributed by atoms with Crippen molar-refractivity contribution in [3.63, 3.8) is 0 Å². The van der Waals surface area contributed by atoms with Crippen LogP contribution in [0.15, 0.2) is 30.0 Å². The summed E-state index contributed by atoms with van der Waals surface area (Å²) in [5.41, 5.74) is 6.30. The van der Waals surface area contributed by atoms with Gasteiger partial charge in [-0.25, -0.2) is 4.98 Å². The lowest BCUT2D eigenvalue weighted by Crippen LogP contribution is -2.32. The van der Waals surface area contributed by atoms with E-state index in [-0.39, 0.29) is 6.42 Å². The van der Waals surface area contributed by atoms with E-state index in [2.05, 4.69) is 4.98 Å². The number of thiophene rings is 1. The number of imidazole rings is 1. The zero-order chi connectivity index (χ0) is 11.5. The Bertz CT molecular complexity index is 478. The SMILES string of the molecule is N[C@@H](Cc1cncn1-c1cccs1)C(=O)O. The van der Waals surface area contributed by atoms with Crippen LogP contribution in [-0.4, -0.2) is 26.7 Å². The molecule has 3 N–H and O–H groups in total. The molecule has 84 valence electrons. The van der Waals surface area contributed by atoms with E-state index < -0.39 is 12.0 Å².